The molecule has 1 aliphatic heterocycles. The molecule has 1 atom stereocenters. The molecule has 1 fully saturated rings. The zero-order chi connectivity index (χ0) is 26.6. The van der Waals surface area contributed by atoms with Gasteiger partial charge in [0.2, 0.25) is 5.91 Å². The van der Waals surface area contributed by atoms with Crippen LogP contribution < -0.4 is 25.2 Å². The van der Waals surface area contributed by atoms with E-state index in [1.807, 2.05) is 37.3 Å². The van der Waals surface area contributed by atoms with E-state index in [4.69, 9.17) is 9.47 Å². The maximum atomic E-state index is 13.2. The molecule has 0 spiro atoms. The SMILES string of the molecule is CCCCC(CC)C(=O)Nc1ccc(N2CCN(c3ccccc3OC)CC2)c(C(=O)NCCOC)c1. The fraction of sp³-hybridized carbons (Fsp3) is 0.517. The van der Waals surface area contributed by atoms with Crippen LogP contribution in [0.2, 0.25) is 0 Å². The van der Waals surface area contributed by atoms with Crippen molar-refractivity contribution in [1.29, 1.82) is 0 Å². The monoisotopic (exact) mass is 510 g/mol. The summed E-state index contributed by atoms with van der Waals surface area (Å²) in [6, 6.07) is 13.7. The molecular weight excluding hydrogens is 468 g/mol. The van der Waals surface area contributed by atoms with Crippen LogP contribution in [-0.2, 0) is 9.53 Å². The molecule has 2 N–H and O–H groups in total. The summed E-state index contributed by atoms with van der Waals surface area (Å²) in [6.07, 6.45) is 3.76. The number of nitrogens with zero attached hydrogens (tertiary/aromatic N) is 2. The van der Waals surface area contributed by atoms with Gasteiger partial charge >= 0.3 is 0 Å². The van der Waals surface area contributed by atoms with E-state index in [1.54, 1.807) is 20.3 Å². The third kappa shape index (κ3) is 7.61. The summed E-state index contributed by atoms with van der Waals surface area (Å²) in [7, 11) is 3.30. The van der Waals surface area contributed by atoms with Gasteiger partial charge in [0.15, 0.2) is 0 Å². The van der Waals surface area contributed by atoms with E-state index in [-0.39, 0.29) is 17.7 Å². The Morgan fingerprint density at radius 3 is 2.32 bits per heavy atom. The Kier molecular flexibility index (Phi) is 11.1. The molecule has 2 amide bonds. The molecule has 202 valence electrons. The number of benzene rings is 2. The zero-order valence-corrected chi connectivity index (χ0v) is 22.7. The van der Waals surface area contributed by atoms with E-state index in [2.05, 4.69) is 33.4 Å². The van der Waals surface area contributed by atoms with Crippen LogP contribution in [0.15, 0.2) is 42.5 Å². The van der Waals surface area contributed by atoms with Gasteiger partial charge in [0.1, 0.15) is 5.75 Å². The molecule has 0 saturated carbocycles. The van der Waals surface area contributed by atoms with Crippen molar-refractivity contribution in [3.63, 3.8) is 0 Å². The number of methoxy groups -OCH3 is 2. The Hall–Kier alpha value is -3.26. The highest BCUT2D eigenvalue weighted by atomic mass is 16.5. The highest BCUT2D eigenvalue weighted by Gasteiger charge is 2.24. The molecule has 1 unspecified atom stereocenters. The van der Waals surface area contributed by atoms with Gasteiger partial charge in [0, 0.05) is 57.1 Å². The van der Waals surface area contributed by atoms with E-state index in [0.717, 1.165) is 69.0 Å². The van der Waals surface area contributed by atoms with Crippen molar-refractivity contribution in [3.05, 3.63) is 48.0 Å². The molecule has 0 aromatic heterocycles. The molecule has 0 radical (unpaired) electrons. The van der Waals surface area contributed by atoms with Crippen LogP contribution in [0.25, 0.3) is 0 Å². The Morgan fingerprint density at radius 2 is 1.68 bits per heavy atom. The van der Waals surface area contributed by atoms with Crippen molar-refractivity contribution in [1.82, 2.24) is 5.32 Å². The quantitative estimate of drug-likeness (QED) is 0.385. The first-order valence-corrected chi connectivity index (χ1v) is 13.4. The third-order valence-corrected chi connectivity index (χ3v) is 6.92. The molecule has 1 aliphatic rings. The number of para-hydroxylation sites is 2. The lowest BCUT2D eigenvalue weighted by Crippen LogP contribution is -2.47. The fourth-order valence-corrected chi connectivity index (χ4v) is 4.73. The minimum atomic E-state index is -0.173. The highest BCUT2D eigenvalue weighted by Crippen LogP contribution is 2.31. The summed E-state index contributed by atoms with van der Waals surface area (Å²) in [4.78, 5) is 30.6. The number of rotatable bonds is 13. The van der Waals surface area contributed by atoms with Gasteiger partial charge in [-0.25, -0.2) is 0 Å². The Bertz CT molecular complexity index is 1020. The smallest absolute Gasteiger partial charge is 0.253 e. The fourth-order valence-electron chi connectivity index (χ4n) is 4.73. The van der Waals surface area contributed by atoms with Gasteiger partial charge in [-0.3, -0.25) is 9.59 Å². The van der Waals surface area contributed by atoms with Crippen molar-refractivity contribution in [2.45, 2.75) is 39.5 Å². The second kappa shape index (κ2) is 14.5. The average molecular weight is 511 g/mol. The topological polar surface area (TPSA) is 83.1 Å². The average Bonchev–Trinajstić information content (AvgIpc) is 2.93. The maximum absolute atomic E-state index is 13.2. The summed E-state index contributed by atoms with van der Waals surface area (Å²) in [5.74, 6) is 0.674. The Morgan fingerprint density at radius 1 is 0.973 bits per heavy atom. The van der Waals surface area contributed by atoms with Gasteiger partial charge in [-0.15, -0.1) is 0 Å². The van der Waals surface area contributed by atoms with Crippen molar-refractivity contribution in [2.24, 2.45) is 5.92 Å². The van der Waals surface area contributed by atoms with Crippen molar-refractivity contribution in [3.8, 4) is 5.75 Å². The van der Waals surface area contributed by atoms with Gasteiger partial charge in [-0.2, -0.15) is 0 Å². The number of nitrogens with one attached hydrogen (secondary N) is 2. The van der Waals surface area contributed by atoms with E-state index < -0.39 is 0 Å². The summed E-state index contributed by atoms with van der Waals surface area (Å²) >= 11 is 0. The van der Waals surface area contributed by atoms with Crippen LogP contribution in [0.1, 0.15) is 49.9 Å². The van der Waals surface area contributed by atoms with Crippen LogP contribution in [0.4, 0.5) is 17.1 Å². The largest absolute Gasteiger partial charge is 0.495 e. The molecule has 2 aromatic carbocycles. The summed E-state index contributed by atoms with van der Waals surface area (Å²) in [5, 5.41) is 5.99. The second-order valence-electron chi connectivity index (χ2n) is 9.36. The predicted octanol–water partition coefficient (Wildman–Crippen LogP) is 4.55. The van der Waals surface area contributed by atoms with Crippen molar-refractivity contribution in [2.75, 3.05) is 68.7 Å². The van der Waals surface area contributed by atoms with Gasteiger partial charge in [0.25, 0.3) is 5.91 Å². The summed E-state index contributed by atoms with van der Waals surface area (Å²) in [5.41, 5.74) is 3.15. The minimum Gasteiger partial charge on any atom is -0.495 e. The number of carbonyl (C=O) groups excluding carboxylic acids is 2. The molecule has 2 aromatic rings. The molecule has 8 heteroatoms. The molecule has 1 saturated heterocycles. The van der Waals surface area contributed by atoms with E-state index in [0.29, 0.717) is 24.4 Å². The molecule has 37 heavy (non-hydrogen) atoms. The summed E-state index contributed by atoms with van der Waals surface area (Å²) < 4.78 is 10.6. The zero-order valence-electron chi connectivity index (χ0n) is 22.7. The highest BCUT2D eigenvalue weighted by molar-refractivity contribution is 6.02. The van der Waals surface area contributed by atoms with Crippen molar-refractivity contribution < 1.29 is 19.1 Å². The van der Waals surface area contributed by atoms with Gasteiger partial charge < -0.3 is 29.9 Å². The number of ether oxygens (including phenoxy) is 2. The number of carbonyl (C=O) groups is 2. The van der Waals surface area contributed by atoms with Crippen molar-refractivity contribution >= 4 is 28.9 Å². The number of amides is 2. The van der Waals surface area contributed by atoms with Crippen LogP contribution in [0.5, 0.6) is 5.75 Å². The predicted molar refractivity (Wildman–Crippen MR) is 150 cm³/mol. The lowest BCUT2D eigenvalue weighted by molar-refractivity contribution is -0.120. The maximum Gasteiger partial charge on any atom is 0.253 e. The minimum absolute atomic E-state index is 0.0138. The van der Waals surface area contributed by atoms with E-state index in [1.165, 1.54) is 0 Å². The first kappa shape index (κ1) is 28.3. The molecular formula is C29H42N4O4. The normalized spacial score (nSPS) is 14.3. The van der Waals surface area contributed by atoms with E-state index in [9.17, 15) is 9.59 Å². The molecule has 8 nitrogen and oxygen atoms in total. The lowest BCUT2D eigenvalue weighted by Gasteiger charge is -2.38. The third-order valence-electron chi connectivity index (χ3n) is 6.92. The number of anilines is 3. The van der Waals surface area contributed by atoms with Gasteiger partial charge in [-0.1, -0.05) is 38.8 Å². The number of hydrogen-bond donors (Lipinski definition) is 2. The standard InChI is InChI=1S/C29H42N4O4/c1-5-7-10-22(6-2)28(34)31-23-13-14-25(24(21-23)29(35)30-15-20-36-3)32-16-18-33(19-17-32)26-11-8-9-12-27(26)37-4/h8-9,11-14,21-22H,5-7,10,15-20H2,1-4H3,(H,30,35)(H,31,34). The molecule has 1 heterocycles. The first-order chi connectivity index (χ1) is 18.0. The number of unbranched alkanes of at least 4 members (excludes halogenated alkanes) is 1. The van der Waals surface area contributed by atoms with Crippen LogP contribution in [-0.4, -0.2) is 65.4 Å². The first-order valence-electron chi connectivity index (χ1n) is 13.4. The Labute approximate surface area is 221 Å². The van der Waals surface area contributed by atoms with Crippen LogP contribution in [0.3, 0.4) is 0 Å². The molecule has 0 aliphatic carbocycles. The lowest BCUT2D eigenvalue weighted by atomic mass is 9.98. The molecule has 3 rings (SSSR count). The van der Waals surface area contributed by atoms with Crippen LogP contribution in [0, 0.1) is 5.92 Å². The number of piperazine rings is 1. The number of hydrogen-bond acceptors (Lipinski definition) is 6. The second-order valence-corrected chi connectivity index (χ2v) is 9.36. The van der Waals surface area contributed by atoms with Gasteiger partial charge in [0.05, 0.1) is 25.0 Å². The summed E-state index contributed by atoms with van der Waals surface area (Å²) in [6.45, 7) is 8.16. The van der Waals surface area contributed by atoms with E-state index >= 15 is 0 Å². The molecule has 0 bridgehead atoms. The Balaban J connectivity index is 1.78. The van der Waals surface area contributed by atoms with Crippen LogP contribution >= 0.6 is 0 Å². The van der Waals surface area contributed by atoms with Gasteiger partial charge in [-0.05, 0) is 43.2 Å².